The van der Waals surface area contributed by atoms with Crippen LogP contribution in [-0.4, -0.2) is 14.1 Å². The van der Waals surface area contributed by atoms with Crippen LogP contribution in [0.4, 0.5) is 0 Å². The fourth-order valence-electron chi connectivity index (χ4n) is 9.72. The number of para-hydroxylation sites is 6. The van der Waals surface area contributed by atoms with Crippen molar-refractivity contribution >= 4 is 87.2 Å². The third-order valence-corrected chi connectivity index (χ3v) is 12.3. The summed E-state index contributed by atoms with van der Waals surface area (Å²) in [5.74, 6) is 0. The Kier molecular flexibility index (Phi) is 6.69. The van der Waals surface area contributed by atoms with Crippen LogP contribution in [0.3, 0.4) is 0 Å². The molecule has 0 radical (unpaired) electrons. The number of pyridine rings is 1. The van der Waals surface area contributed by atoms with Gasteiger partial charge in [0.25, 0.3) is 0 Å². The summed E-state index contributed by atoms with van der Waals surface area (Å²) in [6.45, 7) is 0. The van der Waals surface area contributed by atoms with E-state index >= 15 is 0 Å². The molecular formula is C55H33N3O. The lowest BCUT2D eigenvalue weighted by Crippen LogP contribution is -2.00. The van der Waals surface area contributed by atoms with Gasteiger partial charge in [-0.2, -0.15) is 0 Å². The molecule has 0 saturated heterocycles. The molecule has 9 aromatic carbocycles. The summed E-state index contributed by atoms with van der Waals surface area (Å²) in [4.78, 5) is 5.32. The Balaban J connectivity index is 1.04. The van der Waals surface area contributed by atoms with Crippen molar-refractivity contribution in [2.75, 3.05) is 0 Å². The van der Waals surface area contributed by atoms with E-state index in [1.807, 2.05) is 12.1 Å². The number of hydrogen-bond donors (Lipinski definition) is 0. The minimum absolute atomic E-state index is 0.888. The number of aromatic nitrogens is 3. The van der Waals surface area contributed by atoms with Gasteiger partial charge in [-0.1, -0.05) is 133 Å². The average Bonchev–Trinajstić information content (AvgIpc) is 3.97. The van der Waals surface area contributed by atoms with Gasteiger partial charge in [-0.15, -0.1) is 0 Å². The fourth-order valence-corrected chi connectivity index (χ4v) is 9.72. The molecule has 0 unspecified atom stereocenters. The molecule has 0 N–H and O–H groups in total. The lowest BCUT2D eigenvalue weighted by atomic mass is 9.95. The maximum atomic E-state index is 6.36. The highest BCUT2D eigenvalue weighted by Gasteiger charge is 2.19. The predicted molar refractivity (Wildman–Crippen MR) is 246 cm³/mol. The van der Waals surface area contributed by atoms with Crippen molar-refractivity contribution in [2.45, 2.75) is 0 Å². The molecule has 4 heterocycles. The first-order valence-electron chi connectivity index (χ1n) is 20.1. The van der Waals surface area contributed by atoms with E-state index < -0.39 is 0 Å². The summed E-state index contributed by atoms with van der Waals surface area (Å²) in [7, 11) is 0. The quantitative estimate of drug-likeness (QED) is 0.168. The van der Waals surface area contributed by atoms with Gasteiger partial charge in [0.05, 0.1) is 33.3 Å². The van der Waals surface area contributed by atoms with Gasteiger partial charge in [-0.3, -0.25) is 0 Å². The highest BCUT2D eigenvalue weighted by atomic mass is 16.3. The van der Waals surface area contributed by atoms with Crippen molar-refractivity contribution in [3.8, 4) is 33.8 Å². The van der Waals surface area contributed by atoms with Crippen LogP contribution < -0.4 is 0 Å². The van der Waals surface area contributed by atoms with Crippen molar-refractivity contribution in [2.24, 2.45) is 0 Å². The average molecular weight is 752 g/mol. The Morgan fingerprint density at radius 2 is 0.797 bits per heavy atom. The van der Waals surface area contributed by atoms with Gasteiger partial charge in [-0.25, -0.2) is 4.98 Å². The van der Waals surface area contributed by atoms with E-state index in [1.54, 1.807) is 0 Å². The Labute approximate surface area is 338 Å². The molecule has 4 heteroatoms. The molecule has 0 aliphatic carbocycles. The Morgan fingerprint density at radius 1 is 0.322 bits per heavy atom. The van der Waals surface area contributed by atoms with Crippen LogP contribution in [-0.2, 0) is 0 Å². The summed E-state index contributed by atoms with van der Waals surface area (Å²) < 4.78 is 11.2. The van der Waals surface area contributed by atoms with Crippen LogP contribution in [0.15, 0.2) is 205 Å². The monoisotopic (exact) mass is 751 g/mol. The van der Waals surface area contributed by atoms with E-state index in [-0.39, 0.29) is 0 Å². The first-order chi connectivity index (χ1) is 29.3. The number of furan rings is 1. The topological polar surface area (TPSA) is 35.9 Å². The zero-order valence-electron chi connectivity index (χ0n) is 31.8. The van der Waals surface area contributed by atoms with Crippen LogP contribution >= 0.6 is 0 Å². The molecule has 274 valence electrons. The highest BCUT2D eigenvalue weighted by Crippen LogP contribution is 2.42. The number of fused-ring (bicyclic) bond motifs is 13. The second-order valence-electron chi connectivity index (χ2n) is 15.5. The molecule has 0 fully saturated rings. The first-order valence-corrected chi connectivity index (χ1v) is 20.1. The van der Waals surface area contributed by atoms with Crippen molar-refractivity contribution in [1.82, 2.24) is 14.1 Å². The minimum atomic E-state index is 0.888. The molecule has 0 bridgehead atoms. The number of rotatable bonds is 4. The predicted octanol–water partition coefficient (Wildman–Crippen LogP) is 14.8. The Hall–Kier alpha value is -7.95. The van der Waals surface area contributed by atoms with Gasteiger partial charge in [0.2, 0.25) is 0 Å². The maximum Gasteiger partial charge on any atom is 0.136 e. The number of benzene rings is 9. The third-order valence-electron chi connectivity index (χ3n) is 12.3. The van der Waals surface area contributed by atoms with Gasteiger partial charge < -0.3 is 13.6 Å². The van der Waals surface area contributed by atoms with E-state index in [1.165, 1.54) is 49.0 Å². The van der Waals surface area contributed by atoms with Crippen LogP contribution in [0.1, 0.15) is 0 Å². The van der Waals surface area contributed by atoms with Crippen LogP contribution in [0.25, 0.3) is 121 Å². The summed E-state index contributed by atoms with van der Waals surface area (Å²) in [5, 5.41) is 10.6. The first kappa shape index (κ1) is 32.2. The smallest absolute Gasteiger partial charge is 0.136 e. The van der Waals surface area contributed by atoms with Crippen molar-refractivity contribution < 1.29 is 4.42 Å². The zero-order chi connectivity index (χ0) is 38.6. The van der Waals surface area contributed by atoms with Crippen molar-refractivity contribution in [3.05, 3.63) is 200 Å². The van der Waals surface area contributed by atoms with Crippen LogP contribution in [0.5, 0.6) is 0 Å². The minimum Gasteiger partial charge on any atom is -0.456 e. The Bertz CT molecular complexity index is 3610. The van der Waals surface area contributed by atoms with E-state index in [9.17, 15) is 0 Å². The Morgan fingerprint density at radius 3 is 1.37 bits per heavy atom. The molecule has 4 aromatic heterocycles. The van der Waals surface area contributed by atoms with E-state index in [4.69, 9.17) is 9.40 Å². The lowest BCUT2D eigenvalue weighted by Gasteiger charge is -2.16. The molecule has 13 aromatic rings. The molecular weight excluding hydrogens is 719 g/mol. The summed E-state index contributed by atoms with van der Waals surface area (Å²) in [6.07, 6.45) is 0. The zero-order valence-corrected chi connectivity index (χ0v) is 31.8. The molecule has 59 heavy (non-hydrogen) atoms. The van der Waals surface area contributed by atoms with Gasteiger partial charge >= 0.3 is 0 Å². The van der Waals surface area contributed by atoms with Crippen molar-refractivity contribution in [1.29, 1.82) is 0 Å². The second kappa shape index (κ2) is 12.3. The molecule has 4 nitrogen and oxygen atoms in total. The second-order valence-corrected chi connectivity index (χ2v) is 15.5. The number of hydrogen-bond acceptors (Lipinski definition) is 2. The van der Waals surface area contributed by atoms with Crippen LogP contribution in [0.2, 0.25) is 0 Å². The fraction of sp³-hybridized carbons (Fsp3) is 0. The SMILES string of the molecule is c1ccc2c(c1)nc(-c1ccc(-c3cc(-n4c5ccccc5c5ccccc54)cc(-n4c5ccccc5c5ccccc54)c3)cc1)c1ccc3oc4ccccc4c3c12. The third kappa shape index (κ3) is 4.69. The number of nitrogens with zero attached hydrogens (tertiary/aromatic N) is 3. The summed E-state index contributed by atoms with van der Waals surface area (Å²) in [5.41, 5.74) is 14.0. The standard InChI is InChI=1S/C55H33N3O/c1-7-19-46-43(17-1)53-45(29-30-52-54(53)44-18-6-12-24-51(44)59-52)55(56-46)35-27-25-34(26-28-35)36-31-37(57-47-20-8-2-13-39(47)40-14-3-9-21-48(40)57)33-38(32-36)58-49-22-10-4-15-41(49)42-16-5-11-23-50(42)58/h1-33H. The molecule has 0 aliphatic rings. The molecule has 13 rings (SSSR count). The van der Waals surface area contributed by atoms with Crippen LogP contribution in [0, 0.1) is 0 Å². The molecule has 0 saturated carbocycles. The molecule has 0 spiro atoms. The van der Waals surface area contributed by atoms with Crippen molar-refractivity contribution in [3.63, 3.8) is 0 Å². The normalized spacial score (nSPS) is 12.1. The van der Waals surface area contributed by atoms with Gasteiger partial charge in [0.1, 0.15) is 11.2 Å². The summed E-state index contributed by atoms with van der Waals surface area (Å²) in [6, 6.07) is 72.0. The molecule has 0 atom stereocenters. The molecule has 0 aliphatic heterocycles. The lowest BCUT2D eigenvalue weighted by molar-refractivity contribution is 0.669. The van der Waals surface area contributed by atoms with E-state index in [2.05, 4.69) is 197 Å². The summed E-state index contributed by atoms with van der Waals surface area (Å²) >= 11 is 0. The molecule has 0 amide bonds. The highest BCUT2D eigenvalue weighted by molar-refractivity contribution is 6.28. The van der Waals surface area contributed by atoms with E-state index in [0.29, 0.717) is 0 Å². The van der Waals surface area contributed by atoms with Gasteiger partial charge in [-0.05, 0) is 77.9 Å². The maximum absolute atomic E-state index is 6.36. The largest absolute Gasteiger partial charge is 0.456 e. The van der Waals surface area contributed by atoms with Gasteiger partial charge in [0.15, 0.2) is 0 Å². The van der Waals surface area contributed by atoms with Gasteiger partial charge in [0, 0.05) is 65.4 Å². The van der Waals surface area contributed by atoms with E-state index in [0.717, 1.165) is 72.0 Å².